The number of rotatable bonds is 7. The molecule has 0 bridgehead atoms. The van der Waals surface area contributed by atoms with E-state index in [4.69, 9.17) is 0 Å². The van der Waals surface area contributed by atoms with Crippen molar-refractivity contribution < 1.29 is 22.7 Å². The van der Waals surface area contributed by atoms with E-state index in [1.807, 2.05) is 17.9 Å². The topological polar surface area (TPSA) is 71.8 Å². The molecule has 198 valence electrons. The SMILES string of the molecule is C[C@@H]1CN(c2ccc(OC(F)(F)F)c(C#N)c2)CCN1C(=O)NCC[C@H]1CCN(Cc2ccccc2)C1. The van der Waals surface area contributed by atoms with Gasteiger partial charge < -0.3 is 19.9 Å². The number of carbonyl (C=O) groups is 1. The standard InChI is InChI=1S/C27H32F3N5O2/c1-20-17-34(24-7-8-25(23(15-24)16-31)37-27(28,29)30)13-14-35(20)26(36)32-11-9-22-10-12-33(19-22)18-21-5-3-2-4-6-21/h2-8,15,20,22H,9-14,17-19H2,1H3,(H,32,36)/t20-,22+/m1/s1. The Morgan fingerprint density at radius 1 is 1.14 bits per heavy atom. The molecule has 2 saturated heterocycles. The number of urea groups is 1. The first-order valence-corrected chi connectivity index (χ1v) is 12.6. The number of carbonyl (C=O) groups excluding carboxylic acids is 1. The van der Waals surface area contributed by atoms with E-state index in [1.54, 1.807) is 11.0 Å². The Morgan fingerprint density at radius 2 is 1.92 bits per heavy atom. The molecule has 4 rings (SSSR count). The van der Waals surface area contributed by atoms with Crippen molar-refractivity contribution >= 4 is 11.7 Å². The summed E-state index contributed by atoms with van der Waals surface area (Å²) >= 11 is 0. The molecule has 10 heteroatoms. The van der Waals surface area contributed by atoms with Gasteiger partial charge in [0.1, 0.15) is 11.8 Å². The summed E-state index contributed by atoms with van der Waals surface area (Å²) in [5, 5.41) is 12.3. The number of anilines is 1. The highest BCUT2D eigenvalue weighted by molar-refractivity contribution is 5.75. The summed E-state index contributed by atoms with van der Waals surface area (Å²) in [6.07, 6.45) is -2.79. The largest absolute Gasteiger partial charge is 0.573 e. The number of nitriles is 1. The maximum Gasteiger partial charge on any atom is 0.573 e. The molecule has 1 N–H and O–H groups in total. The van der Waals surface area contributed by atoms with E-state index in [-0.39, 0.29) is 17.6 Å². The second kappa shape index (κ2) is 11.7. The normalized spacial score (nSPS) is 20.5. The quantitative estimate of drug-likeness (QED) is 0.584. The Balaban J connectivity index is 1.22. The molecule has 2 aliphatic rings. The van der Waals surface area contributed by atoms with Crippen molar-refractivity contribution in [2.75, 3.05) is 44.2 Å². The minimum Gasteiger partial charge on any atom is -0.404 e. The van der Waals surface area contributed by atoms with Gasteiger partial charge in [0.25, 0.3) is 0 Å². The molecular weight excluding hydrogens is 483 g/mol. The van der Waals surface area contributed by atoms with Crippen LogP contribution in [0.3, 0.4) is 0 Å². The van der Waals surface area contributed by atoms with Gasteiger partial charge in [0.05, 0.1) is 5.56 Å². The van der Waals surface area contributed by atoms with Gasteiger partial charge in [-0.3, -0.25) is 4.90 Å². The van der Waals surface area contributed by atoms with Crippen LogP contribution in [0.4, 0.5) is 23.7 Å². The van der Waals surface area contributed by atoms with Crippen molar-refractivity contribution in [1.82, 2.24) is 15.1 Å². The van der Waals surface area contributed by atoms with E-state index in [0.29, 0.717) is 37.8 Å². The molecule has 0 radical (unpaired) electrons. The van der Waals surface area contributed by atoms with Gasteiger partial charge in [0.2, 0.25) is 0 Å². The van der Waals surface area contributed by atoms with Gasteiger partial charge >= 0.3 is 12.4 Å². The van der Waals surface area contributed by atoms with Crippen molar-refractivity contribution in [1.29, 1.82) is 5.26 Å². The second-order valence-electron chi connectivity index (χ2n) is 9.72. The van der Waals surface area contributed by atoms with Crippen LogP contribution in [-0.2, 0) is 6.54 Å². The second-order valence-corrected chi connectivity index (χ2v) is 9.72. The first-order valence-electron chi connectivity index (χ1n) is 12.6. The van der Waals surface area contributed by atoms with Gasteiger partial charge in [-0.05, 0) is 56.0 Å². The van der Waals surface area contributed by atoms with Crippen LogP contribution in [0.1, 0.15) is 30.9 Å². The molecule has 2 aromatic carbocycles. The summed E-state index contributed by atoms with van der Waals surface area (Å²) in [5.41, 5.74) is 1.76. The number of piperazine rings is 1. The maximum atomic E-state index is 12.8. The van der Waals surface area contributed by atoms with E-state index < -0.39 is 12.1 Å². The van der Waals surface area contributed by atoms with Crippen LogP contribution in [0.25, 0.3) is 0 Å². The van der Waals surface area contributed by atoms with Crippen molar-refractivity contribution in [3.63, 3.8) is 0 Å². The number of nitrogens with one attached hydrogen (secondary N) is 1. The van der Waals surface area contributed by atoms with Gasteiger partial charge in [-0.25, -0.2) is 4.79 Å². The number of hydrogen-bond donors (Lipinski definition) is 1. The molecule has 2 heterocycles. The Bertz CT molecular complexity index is 1110. The van der Waals surface area contributed by atoms with Crippen LogP contribution >= 0.6 is 0 Å². The lowest BCUT2D eigenvalue weighted by molar-refractivity contribution is -0.274. The molecule has 0 aliphatic carbocycles. The predicted octanol–water partition coefficient (Wildman–Crippen LogP) is 4.59. The molecule has 2 fully saturated rings. The van der Waals surface area contributed by atoms with Gasteiger partial charge in [-0.1, -0.05) is 30.3 Å². The molecule has 2 amide bonds. The summed E-state index contributed by atoms with van der Waals surface area (Å²) in [7, 11) is 0. The molecule has 7 nitrogen and oxygen atoms in total. The Kier molecular flexibility index (Phi) is 8.44. The summed E-state index contributed by atoms with van der Waals surface area (Å²) < 4.78 is 41.6. The van der Waals surface area contributed by atoms with E-state index in [0.717, 1.165) is 38.5 Å². The molecule has 0 aromatic heterocycles. The lowest BCUT2D eigenvalue weighted by Gasteiger charge is -2.41. The average molecular weight is 516 g/mol. The Morgan fingerprint density at radius 3 is 2.62 bits per heavy atom. The molecular formula is C27H32F3N5O2. The lowest BCUT2D eigenvalue weighted by Crippen LogP contribution is -2.56. The third-order valence-corrected chi connectivity index (χ3v) is 7.01. The van der Waals surface area contributed by atoms with E-state index in [2.05, 4.69) is 39.2 Å². The Labute approximate surface area is 215 Å². The summed E-state index contributed by atoms with van der Waals surface area (Å²) in [5.74, 6) is 0.0483. The molecule has 2 atom stereocenters. The first kappa shape index (κ1) is 26.6. The van der Waals surface area contributed by atoms with Crippen LogP contribution < -0.4 is 15.0 Å². The van der Waals surface area contributed by atoms with Crippen LogP contribution in [0, 0.1) is 17.2 Å². The molecule has 0 unspecified atom stereocenters. The highest BCUT2D eigenvalue weighted by atomic mass is 19.4. The number of ether oxygens (including phenoxy) is 1. The number of halogens is 3. The van der Waals surface area contributed by atoms with Crippen LogP contribution in [0.2, 0.25) is 0 Å². The lowest BCUT2D eigenvalue weighted by atomic mass is 10.1. The molecule has 0 spiro atoms. The summed E-state index contributed by atoms with van der Waals surface area (Å²) in [6, 6.07) is 16.1. The van der Waals surface area contributed by atoms with Crippen molar-refractivity contribution in [3.8, 4) is 11.8 Å². The average Bonchev–Trinajstić information content (AvgIpc) is 3.30. The maximum absolute atomic E-state index is 12.8. The summed E-state index contributed by atoms with van der Waals surface area (Å²) in [6.45, 7) is 7.14. The smallest absolute Gasteiger partial charge is 0.404 e. The molecule has 2 aliphatic heterocycles. The van der Waals surface area contributed by atoms with Gasteiger partial charge in [0.15, 0.2) is 0 Å². The van der Waals surface area contributed by atoms with Crippen molar-refractivity contribution in [3.05, 3.63) is 59.7 Å². The fraction of sp³-hybridized carbons (Fsp3) is 0.481. The Hall–Kier alpha value is -3.45. The number of nitrogens with zero attached hydrogens (tertiary/aromatic N) is 4. The third-order valence-electron chi connectivity index (χ3n) is 7.01. The first-order chi connectivity index (χ1) is 17.7. The zero-order valence-corrected chi connectivity index (χ0v) is 20.9. The fourth-order valence-corrected chi connectivity index (χ4v) is 5.13. The zero-order valence-electron chi connectivity index (χ0n) is 20.9. The number of alkyl halides is 3. The van der Waals surface area contributed by atoms with Gasteiger partial charge in [0, 0.05) is 51.0 Å². The summed E-state index contributed by atoms with van der Waals surface area (Å²) in [4.78, 5) is 19.0. The zero-order chi connectivity index (χ0) is 26.4. The highest BCUT2D eigenvalue weighted by Crippen LogP contribution is 2.30. The van der Waals surface area contributed by atoms with Crippen LogP contribution in [0.5, 0.6) is 5.75 Å². The molecule has 0 saturated carbocycles. The highest BCUT2D eigenvalue weighted by Gasteiger charge is 2.33. The van der Waals surface area contributed by atoms with Crippen LogP contribution in [-0.4, -0.2) is 67.5 Å². The van der Waals surface area contributed by atoms with Crippen LogP contribution in [0.15, 0.2) is 48.5 Å². The van der Waals surface area contributed by atoms with E-state index in [9.17, 15) is 23.2 Å². The molecule has 2 aromatic rings. The van der Waals surface area contributed by atoms with Gasteiger partial charge in [-0.15, -0.1) is 13.2 Å². The number of likely N-dealkylation sites (tertiary alicyclic amines) is 1. The minimum atomic E-state index is -4.86. The number of benzene rings is 2. The monoisotopic (exact) mass is 515 g/mol. The molecule has 37 heavy (non-hydrogen) atoms. The van der Waals surface area contributed by atoms with Crippen molar-refractivity contribution in [2.24, 2.45) is 5.92 Å². The number of amides is 2. The number of hydrogen-bond acceptors (Lipinski definition) is 5. The van der Waals surface area contributed by atoms with Crippen molar-refractivity contribution in [2.45, 2.75) is 38.7 Å². The predicted molar refractivity (Wildman–Crippen MR) is 134 cm³/mol. The third kappa shape index (κ3) is 7.29. The van der Waals surface area contributed by atoms with E-state index in [1.165, 1.54) is 17.7 Å². The van der Waals surface area contributed by atoms with Gasteiger partial charge in [-0.2, -0.15) is 5.26 Å². The fourth-order valence-electron chi connectivity index (χ4n) is 5.13. The van der Waals surface area contributed by atoms with E-state index >= 15 is 0 Å². The minimum absolute atomic E-state index is 0.0989.